The van der Waals surface area contributed by atoms with Gasteiger partial charge in [-0.2, -0.15) is 13.2 Å². The van der Waals surface area contributed by atoms with Crippen molar-refractivity contribution in [2.45, 2.75) is 31.5 Å². The first-order valence-electron chi connectivity index (χ1n) is 6.69. The second-order valence-corrected chi connectivity index (χ2v) is 5.25. The summed E-state index contributed by atoms with van der Waals surface area (Å²) in [6, 6.07) is 3.68. The first kappa shape index (κ1) is 13.9. The molecule has 3 rings (SSSR count). The van der Waals surface area contributed by atoms with Crippen molar-refractivity contribution >= 4 is 17.6 Å². The number of hydrogen-bond donors (Lipinski definition) is 0. The van der Waals surface area contributed by atoms with Crippen LogP contribution in [-0.2, 0) is 11.0 Å². The molecule has 3 amide bonds. The Balaban J connectivity index is 1.96. The van der Waals surface area contributed by atoms with Crippen molar-refractivity contribution in [2.24, 2.45) is 0 Å². The highest BCUT2D eigenvalue weighted by molar-refractivity contribution is 6.16. The average molecular weight is 298 g/mol. The van der Waals surface area contributed by atoms with Crippen LogP contribution in [0.15, 0.2) is 24.3 Å². The number of carbonyl (C=O) groups excluding carboxylic acids is 2. The van der Waals surface area contributed by atoms with E-state index in [4.69, 9.17) is 0 Å². The molecule has 2 fully saturated rings. The predicted octanol–water partition coefficient (Wildman–Crippen LogP) is 3.03. The lowest BCUT2D eigenvalue weighted by molar-refractivity contribution is -0.137. The highest BCUT2D eigenvalue weighted by atomic mass is 19.4. The van der Waals surface area contributed by atoms with Crippen molar-refractivity contribution in [3.05, 3.63) is 29.8 Å². The van der Waals surface area contributed by atoms with Gasteiger partial charge < -0.3 is 4.90 Å². The van der Waals surface area contributed by atoms with Crippen LogP contribution in [0.2, 0.25) is 0 Å². The van der Waals surface area contributed by atoms with Gasteiger partial charge in [0.15, 0.2) is 0 Å². The van der Waals surface area contributed by atoms with Crippen molar-refractivity contribution in [1.29, 1.82) is 0 Å². The highest BCUT2D eigenvalue weighted by Gasteiger charge is 2.42. The molecule has 112 valence electrons. The van der Waals surface area contributed by atoms with Gasteiger partial charge in [-0.3, -0.25) is 4.79 Å². The Morgan fingerprint density at radius 2 is 1.95 bits per heavy atom. The summed E-state index contributed by atoms with van der Waals surface area (Å²) in [6.45, 7) is 0.548. The van der Waals surface area contributed by atoms with Crippen LogP contribution in [0.3, 0.4) is 0 Å². The van der Waals surface area contributed by atoms with Gasteiger partial charge in [0.05, 0.1) is 11.3 Å². The van der Waals surface area contributed by atoms with Crippen molar-refractivity contribution in [1.82, 2.24) is 4.90 Å². The maximum absolute atomic E-state index is 12.7. The predicted molar refractivity (Wildman–Crippen MR) is 68.7 cm³/mol. The zero-order chi connectivity index (χ0) is 15.2. The van der Waals surface area contributed by atoms with Crippen LogP contribution in [-0.4, -0.2) is 29.4 Å². The van der Waals surface area contributed by atoms with E-state index in [1.165, 1.54) is 12.1 Å². The molecular weight excluding hydrogens is 285 g/mol. The van der Waals surface area contributed by atoms with Crippen LogP contribution in [0.25, 0.3) is 0 Å². The van der Waals surface area contributed by atoms with Gasteiger partial charge in [0.25, 0.3) is 0 Å². The Bertz CT molecular complexity index is 600. The number of imide groups is 1. The molecule has 1 aromatic carbocycles. The number of amides is 3. The van der Waals surface area contributed by atoms with E-state index in [9.17, 15) is 22.8 Å². The van der Waals surface area contributed by atoms with E-state index in [1.54, 1.807) is 4.90 Å². The van der Waals surface area contributed by atoms with E-state index in [1.807, 2.05) is 0 Å². The summed E-state index contributed by atoms with van der Waals surface area (Å²) < 4.78 is 38.2. The number of nitrogens with zero attached hydrogens (tertiary/aromatic N) is 2. The number of halogens is 3. The number of fused-ring (bicyclic) bond motifs is 1. The molecule has 0 aliphatic carbocycles. The fourth-order valence-corrected chi connectivity index (χ4v) is 2.90. The van der Waals surface area contributed by atoms with Crippen LogP contribution < -0.4 is 4.90 Å². The van der Waals surface area contributed by atoms with Gasteiger partial charge >= 0.3 is 12.2 Å². The van der Waals surface area contributed by atoms with E-state index < -0.39 is 23.7 Å². The second-order valence-electron chi connectivity index (χ2n) is 5.25. The quantitative estimate of drug-likeness (QED) is 0.799. The van der Waals surface area contributed by atoms with Crippen molar-refractivity contribution in [3.63, 3.8) is 0 Å². The number of anilines is 1. The van der Waals surface area contributed by atoms with Gasteiger partial charge in [0, 0.05) is 19.0 Å². The van der Waals surface area contributed by atoms with Crippen LogP contribution in [0.4, 0.5) is 23.7 Å². The third-order valence-electron chi connectivity index (χ3n) is 3.91. The monoisotopic (exact) mass is 298 g/mol. The topological polar surface area (TPSA) is 40.6 Å². The fraction of sp³-hybridized carbons (Fsp3) is 0.429. The number of urea groups is 1. The van der Waals surface area contributed by atoms with Crippen molar-refractivity contribution < 1.29 is 22.8 Å². The zero-order valence-electron chi connectivity index (χ0n) is 11.1. The summed E-state index contributed by atoms with van der Waals surface area (Å²) in [7, 11) is 0. The van der Waals surface area contributed by atoms with Gasteiger partial charge in [-0.25, -0.2) is 9.69 Å². The first-order chi connectivity index (χ1) is 9.88. The van der Waals surface area contributed by atoms with Gasteiger partial charge in [0.1, 0.15) is 0 Å². The molecule has 0 bridgehead atoms. The third-order valence-corrected chi connectivity index (χ3v) is 3.91. The number of rotatable bonds is 1. The summed E-state index contributed by atoms with van der Waals surface area (Å²) in [5.74, 6) is -0.442. The van der Waals surface area contributed by atoms with E-state index >= 15 is 0 Å². The van der Waals surface area contributed by atoms with E-state index in [2.05, 4.69) is 0 Å². The van der Waals surface area contributed by atoms with Crippen LogP contribution >= 0.6 is 0 Å². The van der Waals surface area contributed by atoms with Crippen LogP contribution in [0.1, 0.15) is 24.8 Å². The lowest BCUT2D eigenvalue weighted by Gasteiger charge is -2.36. The maximum Gasteiger partial charge on any atom is 0.416 e. The molecule has 0 spiro atoms. The molecule has 1 atom stereocenters. The lowest BCUT2D eigenvalue weighted by Crippen LogP contribution is -2.54. The summed E-state index contributed by atoms with van der Waals surface area (Å²) in [4.78, 5) is 26.9. The summed E-state index contributed by atoms with van der Waals surface area (Å²) in [5, 5.41) is 0. The SMILES string of the molecule is O=C1CC2CCCN2C(=O)N1c1cccc(C(F)(F)F)c1. The molecule has 0 N–H and O–H groups in total. The average Bonchev–Trinajstić information content (AvgIpc) is 2.86. The Morgan fingerprint density at radius 1 is 1.19 bits per heavy atom. The molecule has 4 nitrogen and oxygen atoms in total. The lowest BCUT2D eigenvalue weighted by atomic mass is 10.1. The molecule has 1 aromatic rings. The van der Waals surface area contributed by atoms with Crippen LogP contribution in [0.5, 0.6) is 0 Å². The number of hydrogen-bond acceptors (Lipinski definition) is 2. The molecule has 2 aliphatic rings. The van der Waals surface area contributed by atoms with Gasteiger partial charge in [0.2, 0.25) is 5.91 Å². The Morgan fingerprint density at radius 3 is 2.67 bits per heavy atom. The van der Waals surface area contributed by atoms with Gasteiger partial charge in [-0.05, 0) is 31.0 Å². The minimum atomic E-state index is -4.51. The molecule has 0 saturated carbocycles. The molecule has 0 radical (unpaired) electrons. The summed E-state index contributed by atoms with van der Waals surface area (Å²) in [5.41, 5.74) is -0.894. The zero-order valence-corrected chi connectivity index (χ0v) is 11.1. The van der Waals surface area contributed by atoms with Crippen molar-refractivity contribution in [3.8, 4) is 0 Å². The van der Waals surface area contributed by atoms with E-state index in [0.717, 1.165) is 29.9 Å². The first-order valence-corrected chi connectivity index (χ1v) is 6.69. The minimum absolute atomic E-state index is 0.0230. The van der Waals surface area contributed by atoms with Crippen molar-refractivity contribution in [2.75, 3.05) is 11.4 Å². The number of alkyl halides is 3. The summed E-state index contributed by atoms with van der Waals surface area (Å²) in [6.07, 6.45) is -2.75. The normalized spacial score (nSPS) is 22.7. The Labute approximate surface area is 119 Å². The molecule has 0 aromatic heterocycles. The van der Waals surface area contributed by atoms with Gasteiger partial charge in [-0.15, -0.1) is 0 Å². The fourth-order valence-electron chi connectivity index (χ4n) is 2.90. The van der Waals surface area contributed by atoms with E-state index in [0.29, 0.717) is 6.54 Å². The second kappa shape index (κ2) is 4.75. The molecular formula is C14H13F3N2O2. The molecule has 2 saturated heterocycles. The third kappa shape index (κ3) is 2.36. The number of carbonyl (C=O) groups is 2. The Kier molecular flexibility index (Phi) is 3.15. The standard InChI is InChI=1S/C14H13F3N2O2/c15-14(16,17)9-3-1-4-11(7-9)19-12(20)8-10-5-2-6-18(10)13(19)21/h1,3-4,7,10H,2,5-6,8H2. The molecule has 2 heterocycles. The Hall–Kier alpha value is -2.05. The molecule has 21 heavy (non-hydrogen) atoms. The van der Waals surface area contributed by atoms with Crippen LogP contribution in [0, 0.1) is 0 Å². The van der Waals surface area contributed by atoms with Gasteiger partial charge in [-0.1, -0.05) is 6.07 Å². The highest BCUT2D eigenvalue weighted by Crippen LogP contribution is 2.34. The smallest absolute Gasteiger partial charge is 0.320 e. The molecule has 2 aliphatic heterocycles. The number of benzene rings is 1. The molecule has 7 heteroatoms. The maximum atomic E-state index is 12.7. The molecule has 1 unspecified atom stereocenters. The summed E-state index contributed by atoms with van der Waals surface area (Å²) >= 11 is 0. The largest absolute Gasteiger partial charge is 0.416 e. The van der Waals surface area contributed by atoms with E-state index in [-0.39, 0.29) is 18.2 Å². The minimum Gasteiger partial charge on any atom is -0.320 e.